The van der Waals surface area contributed by atoms with Crippen molar-refractivity contribution in [1.29, 1.82) is 1.43 Å². The number of rotatable bonds is 4. The van der Waals surface area contributed by atoms with Gasteiger partial charge in [0.15, 0.2) is 0 Å². The third-order valence-electron chi connectivity index (χ3n) is 14.4. The smallest absolute Gasteiger partial charge is 1.00 e. The van der Waals surface area contributed by atoms with Gasteiger partial charge in [-0.05, 0) is 74.3 Å². The van der Waals surface area contributed by atoms with Crippen LogP contribution in [0.25, 0.3) is 0 Å². The molecule has 9 fully saturated rings. The van der Waals surface area contributed by atoms with Gasteiger partial charge >= 0.3 is 53.9 Å². The van der Waals surface area contributed by atoms with E-state index in [1.807, 2.05) is 0 Å². The Bertz CT molecular complexity index is 1950. The zero-order valence-electron chi connectivity index (χ0n) is 43.6. The van der Waals surface area contributed by atoms with Crippen LogP contribution >= 0.6 is 0 Å². The van der Waals surface area contributed by atoms with Gasteiger partial charge in [0.1, 0.15) is 17.0 Å². The number of alkyl carbamates (subject to hydrolysis) is 2. The Morgan fingerprint density at radius 1 is 0.806 bits per heavy atom. The number of aliphatic hydroxyl groups is 1. The Kier molecular flexibility index (Phi) is 12.9. The minimum Gasteiger partial charge on any atom is -1.00 e. The summed E-state index contributed by atoms with van der Waals surface area (Å²) in [5.41, 5.74) is -0.407. The van der Waals surface area contributed by atoms with Crippen LogP contribution in [0, 0.1) is 20.9 Å². The molecule has 7 heterocycles. The summed E-state index contributed by atoms with van der Waals surface area (Å²) in [6.45, 7) is 9.42. The normalized spacial score (nSPS) is 32.2. The second-order valence-corrected chi connectivity index (χ2v) is 18.2. The van der Waals surface area contributed by atoms with E-state index in [2.05, 4.69) is 30.3 Å². The van der Waals surface area contributed by atoms with Crippen LogP contribution in [0.15, 0.2) is 24.3 Å². The molecule has 9 aliphatic rings. The van der Waals surface area contributed by atoms with Crippen molar-refractivity contribution in [2.75, 3.05) is 92.7 Å². The average molecular weight is 889 g/mol. The van der Waals surface area contributed by atoms with Crippen LogP contribution in [-0.4, -0.2) is 171 Å². The summed E-state index contributed by atoms with van der Waals surface area (Å²) in [5, 5.41) is 19.5. The summed E-state index contributed by atoms with van der Waals surface area (Å²) in [7, 11) is -5.22. The Balaban J connectivity index is 0.000000211. The molecule has 62 heavy (non-hydrogen) atoms. The fourth-order valence-corrected chi connectivity index (χ4v) is 10.8. The third kappa shape index (κ3) is 11.1. The number of nitro groups is 1. The quantitative estimate of drug-likeness (QED) is 0.168. The number of methoxy groups -OCH3 is 1. The fourth-order valence-electron chi connectivity index (χ4n) is 10.8. The first-order chi connectivity index (χ1) is 32.1. The molecule has 0 aromatic heterocycles. The van der Waals surface area contributed by atoms with Gasteiger partial charge in [-0.25, -0.2) is 19.2 Å². The Morgan fingerprint density at radius 3 is 1.65 bits per heavy atom. The van der Waals surface area contributed by atoms with Gasteiger partial charge in [-0.1, -0.05) is 0 Å². The standard InChI is InChI=1S/C21H26N4O6.C16H25N3O4.C4H8O.CH4O.Na.H/c26-18-22-13-21(31-18)6-9-23(10-7-21)16-11-20(12-16)5-8-24(14-20)19(27)30-17-3-1-15(2-4-17)25(28)29;1-22-14(21)19-5-2-15(11-19)8-12(9-15)18-6-3-16(4-7-18)10-17-13(20)23-16;1-2-4-5-3-1;1-2;;/h1-4,16H,5-14H2,(H,22,26);12H,2-11H2,1H3,(H,17,20);1-4H2;2H,1H3;;/q;;;;+1;-1/i;1D3;;1D3,2D;;. The van der Waals surface area contributed by atoms with Crippen molar-refractivity contribution >= 4 is 30.1 Å². The van der Waals surface area contributed by atoms with Gasteiger partial charge in [0.05, 0.1) is 33.3 Å². The van der Waals surface area contributed by atoms with E-state index in [0.29, 0.717) is 57.1 Å². The zero-order chi connectivity index (χ0) is 49.0. The molecule has 7 saturated heterocycles. The van der Waals surface area contributed by atoms with E-state index in [-0.39, 0.29) is 70.9 Å². The number of piperidine rings is 2. The summed E-state index contributed by atoms with van der Waals surface area (Å²) >= 11 is 0. The number of nitrogens with zero attached hydrogens (tertiary/aromatic N) is 5. The minimum absolute atomic E-state index is 0. The van der Waals surface area contributed by atoms with Crippen molar-refractivity contribution in [2.45, 2.75) is 100 Å². The average Bonchev–Trinajstić information content (AvgIpc) is 4.13. The number of carbonyl (C=O) groups is 4. The molecule has 1 aromatic rings. The first-order valence-corrected chi connectivity index (χ1v) is 21.4. The van der Waals surface area contributed by atoms with Crippen molar-refractivity contribution < 1.29 is 92.1 Å². The number of ether oxygens (including phenoxy) is 5. The molecule has 7 aliphatic heterocycles. The van der Waals surface area contributed by atoms with Crippen LogP contribution in [0.3, 0.4) is 0 Å². The minimum atomic E-state index is -2.68. The van der Waals surface area contributed by atoms with Gasteiger partial charge in [-0.15, -0.1) is 0 Å². The maximum atomic E-state index is 12.5. The van der Waals surface area contributed by atoms with Gasteiger partial charge in [0, 0.05) is 123 Å². The number of carbonyl (C=O) groups excluding carboxylic acids is 4. The fraction of sp³-hybridized carbons (Fsp3) is 0.762. The molecule has 20 heteroatoms. The second kappa shape index (κ2) is 20.6. The summed E-state index contributed by atoms with van der Waals surface area (Å²) in [4.78, 5) is 65.7. The SMILES string of the molecule is C1CCOC1.O=C1NCC2(CCN(C3CC4(CCN(C(=O)Oc5ccc([N+](=O)[O-])cc5)C4)C3)CC2)O1.[2H]C([2H])([2H])OC(=O)N1CCC2(CC(N3CCC4(CC3)CNC(=O)O4)C2)C1.[2H]OC([2H])([2H])[2H].[H-].[Na+]. The van der Waals surface area contributed by atoms with Crippen LogP contribution in [0.5, 0.6) is 5.75 Å². The van der Waals surface area contributed by atoms with E-state index in [1.54, 1.807) is 4.90 Å². The van der Waals surface area contributed by atoms with Crippen molar-refractivity contribution in [2.24, 2.45) is 10.8 Å². The van der Waals surface area contributed by atoms with Gasteiger partial charge in [0.25, 0.3) is 5.69 Å². The van der Waals surface area contributed by atoms with Gasteiger partial charge in [-0.2, -0.15) is 0 Å². The van der Waals surface area contributed by atoms with Gasteiger partial charge < -0.3 is 60.5 Å². The molecule has 4 spiro atoms. The number of hydrogen-bond donors (Lipinski definition) is 3. The Morgan fingerprint density at radius 2 is 1.27 bits per heavy atom. The maximum Gasteiger partial charge on any atom is 1.00 e. The van der Waals surface area contributed by atoms with E-state index in [0.717, 1.165) is 104 Å². The molecule has 0 atom stereocenters. The van der Waals surface area contributed by atoms with Gasteiger partial charge in [-0.3, -0.25) is 10.1 Å². The number of non-ortho nitro benzene ring substituents is 1. The molecule has 10 rings (SSSR count). The molecule has 4 amide bonds. The summed E-state index contributed by atoms with van der Waals surface area (Å²) in [6, 6.07) is 6.57. The molecule has 0 unspecified atom stereocenters. The van der Waals surface area contributed by atoms with Crippen molar-refractivity contribution in [3.05, 3.63) is 34.4 Å². The third-order valence-corrected chi connectivity index (χ3v) is 14.4. The van der Waals surface area contributed by atoms with Crippen LogP contribution < -0.4 is 44.9 Å². The number of nitro benzene ring substituents is 1. The summed E-state index contributed by atoms with van der Waals surface area (Å²) < 4.78 is 71.1. The van der Waals surface area contributed by atoms with E-state index in [4.69, 9.17) is 28.6 Å². The molecule has 3 N–H and O–H groups in total. The first kappa shape index (κ1) is 39.0. The Hall–Kier alpha value is -3.46. The number of benzene rings is 1. The maximum absolute atomic E-state index is 12.5. The molecular weight excluding hydrogens is 817 g/mol. The molecule has 19 nitrogen and oxygen atoms in total. The molecule has 0 radical (unpaired) electrons. The number of hydrogen-bond acceptors (Lipinski definition) is 14. The summed E-state index contributed by atoms with van der Waals surface area (Å²) in [6.07, 6.45) is 10.3. The molecule has 1 aromatic carbocycles. The Labute approximate surface area is 396 Å². The monoisotopic (exact) mass is 888 g/mol. The molecule has 2 saturated carbocycles. The van der Waals surface area contributed by atoms with Crippen molar-refractivity contribution in [1.82, 2.24) is 30.2 Å². The van der Waals surface area contributed by atoms with E-state index >= 15 is 0 Å². The van der Waals surface area contributed by atoms with Crippen LogP contribution in [0.1, 0.15) is 86.7 Å². The molecule has 0 bridgehead atoms. The molecule has 340 valence electrons. The predicted molar refractivity (Wildman–Crippen MR) is 220 cm³/mol. The van der Waals surface area contributed by atoms with Gasteiger partial charge in [0.2, 0.25) is 1.43 Å². The van der Waals surface area contributed by atoms with Crippen LogP contribution in [-0.2, 0) is 18.9 Å². The molecular formula is C42H64N7NaO12. The van der Waals surface area contributed by atoms with Crippen LogP contribution in [0.2, 0.25) is 0 Å². The topological polar surface area (TPSA) is 215 Å². The van der Waals surface area contributed by atoms with Crippen molar-refractivity contribution in [3.8, 4) is 5.75 Å². The van der Waals surface area contributed by atoms with E-state index in [1.165, 1.54) is 42.0 Å². The number of amides is 4. The second-order valence-electron chi connectivity index (χ2n) is 18.2. The predicted octanol–water partition coefficient (Wildman–Crippen LogP) is 1.23. The largest absolute Gasteiger partial charge is 1.00 e. The number of nitrogens with one attached hydrogen (secondary N) is 2. The van der Waals surface area contributed by atoms with E-state index in [9.17, 15) is 29.3 Å². The van der Waals surface area contributed by atoms with Crippen LogP contribution in [0.4, 0.5) is 24.9 Å². The van der Waals surface area contributed by atoms with E-state index < -0.39 is 31.2 Å². The first-order valence-electron chi connectivity index (χ1n) is 24.8. The summed E-state index contributed by atoms with van der Waals surface area (Å²) in [5.74, 6) is 0.312. The molecule has 2 aliphatic carbocycles. The number of likely N-dealkylation sites (tertiary alicyclic amines) is 4. The van der Waals surface area contributed by atoms with Crippen molar-refractivity contribution in [3.63, 3.8) is 0 Å². The zero-order valence-corrected chi connectivity index (χ0v) is 37.6.